The first-order valence-corrected chi connectivity index (χ1v) is 5.01. The molecule has 0 atom stereocenters. The molecule has 0 unspecified atom stereocenters. The van der Waals surface area contributed by atoms with Crippen molar-refractivity contribution in [1.29, 1.82) is 0 Å². The Morgan fingerprint density at radius 1 is 1.40 bits per heavy atom. The zero-order chi connectivity index (χ0) is 11.6. The number of benzene rings is 1. The fraction of sp³-hybridized carbons (Fsp3) is 0.417. The fourth-order valence-electron chi connectivity index (χ4n) is 1.26. The number of phenols is 1. The van der Waals surface area contributed by atoms with Gasteiger partial charge in [0.2, 0.25) is 0 Å². The molecule has 3 heteroatoms. The van der Waals surface area contributed by atoms with Gasteiger partial charge in [-0.3, -0.25) is 4.79 Å². The number of nitrogens with zero attached hydrogens (tertiary/aromatic N) is 1. The number of phenolic OH excluding ortho intramolecular Hbond substituents is 1. The van der Waals surface area contributed by atoms with Crippen molar-refractivity contribution < 1.29 is 9.90 Å². The van der Waals surface area contributed by atoms with Gasteiger partial charge in [0.15, 0.2) is 0 Å². The molecule has 0 heterocycles. The number of aryl methyl sites for hydroxylation is 1. The van der Waals surface area contributed by atoms with Gasteiger partial charge in [-0.25, -0.2) is 0 Å². The summed E-state index contributed by atoms with van der Waals surface area (Å²) in [5, 5.41) is 9.75. The van der Waals surface area contributed by atoms with E-state index in [9.17, 15) is 9.90 Å². The molecular weight excluding hydrogens is 190 g/mol. The Hall–Kier alpha value is -1.51. The first kappa shape index (κ1) is 11.6. The van der Waals surface area contributed by atoms with Crippen molar-refractivity contribution in [3.8, 4) is 5.75 Å². The van der Waals surface area contributed by atoms with Gasteiger partial charge < -0.3 is 10.0 Å². The SMILES string of the molecule is Cc1cccc(C(=O)N(C)C(C)C)c1O. The highest BCUT2D eigenvalue weighted by atomic mass is 16.3. The Balaban J connectivity index is 3.07. The van der Waals surface area contributed by atoms with Gasteiger partial charge in [0, 0.05) is 13.1 Å². The Kier molecular flexibility index (Phi) is 3.35. The number of hydrogen-bond donors (Lipinski definition) is 1. The highest BCUT2D eigenvalue weighted by Gasteiger charge is 2.18. The summed E-state index contributed by atoms with van der Waals surface area (Å²) in [6.07, 6.45) is 0. The number of carbonyl (C=O) groups excluding carboxylic acids is 1. The van der Waals surface area contributed by atoms with Crippen LogP contribution >= 0.6 is 0 Å². The Morgan fingerprint density at radius 2 is 2.00 bits per heavy atom. The minimum atomic E-state index is -0.147. The summed E-state index contributed by atoms with van der Waals surface area (Å²) >= 11 is 0. The maximum Gasteiger partial charge on any atom is 0.257 e. The minimum absolute atomic E-state index is 0.0787. The van der Waals surface area contributed by atoms with Gasteiger partial charge in [-0.2, -0.15) is 0 Å². The summed E-state index contributed by atoms with van der Waals surface area (Å²) in [5.41, 5.74) is 1.09. The van der Waals surface area contributed by atoms with E-state index < -0.39 is 0 Å². The van der Waals surface area contributed by atoms with Crippen LogP contribution in [-0.4, -0.2) is 29.0 Å². The Bertz CT molecular complexity index is 372. The third-order valence-corrected chi connectivity index (χ3v) is 2.56. The number of rotatable bonds is 2. The molecule has 0 aromatic heterocycles. The molecular formula is C12H17NO2. The van der Waals surface area contributed by atoms with Gasteiger partial charge in [0.1, 0.15) is 5.75 Å². The highest BCUT2D eigenvalue weighted by Crippen LogP contribution is 2.22. The maximum atomic E-state index is 11.9. The van der Waals surface area contributed by atoms with Gasteiger partial charge in [-0.05, 0) is 32.4 Å². The third-order valence-electron chi connectivity index (χ3n) is 2.56. The van der Waals surface area contributed by atoms with Crippen LogP contribution in [0.3, 0.4) is 0 Å². The lowest BCUT2D eigenvalue weighted by Crippen LogP contribution is -2.33. The molecule has 0 spiro atoms. The van der Waals surface area contributed by atoms with Gasteiger partial charge in [0.05, 0.1) is 5.56 Å². The fourth-order valence-corrected chi connectivity index (χ4v) is 1.26. The monoisotopic (exact) mass is 207 g/mol. The molecule has 3 nitrogen and oxygen atoms in total. The molecule has 1 N–H and O–H groups in total. The normalized spacial score (nSPS) is 10.5. The number of hydrogen-bond acceptors (Lipinski definition) is 2. The largest absolute Gasteiger partial charge is 0.507 e. The maximum absolute atomic E-state index is 11.9. The summed E-state index contributed by atoms with van der Waals surface area (Å²) in [6, 6.07) is 5.32. The molecule has 0 aliphatic carbocycles. The molecule has 82 valence electrons. The van der Waals surface area contributed by atoms with Gasteiger partial charge in [-0.15, -0.1) is 0 Å². The standard InChI is InChI=1S/C12H17NO2/c1-8(2)13(4)12(15)10-7-5-6-9(3)11(10)14/h5-8,14H,1-4H3. The molecule has 0 saturated carbocycles. The van der Waals surface area contributed by atoms with E-state index in [1.54, 1.807) is 37.1 Å². The zero-order valence-corrected chi connectivity index (χ0v) is 9.61. The predicted octanol–water partition coefficient (Wildman–Crippen LogP) is 2.18. The average Bonchev–Trinajstić information content (AvgIpc) is 2.20. The molecule has 0 bridgehead atoms. The molecule has 1 aromatic rings. The second kappa shape index (κ2) is 4.34. The van der Waals surface area contributed by atoms with Crippen molar-refractivity contribution in [2.45, 2.75) is 26.8 Å². The molecule has 0 fully saturated rings. The van der Waals surface area contributed by atoms with Crippen molar-refractivity contribution in [3.05, 3.63) is 29.3 Å². The van der Waals surface area contributed by atoms with Crippen LogP contribution in [-0.2, 0) is 0 Å². The number of aromatic hydroxyl groups is 1. The van der Waals surface area contributed by atoms with Crippen molar-refractivity contribution >= 4 is 5.91 Å². The molecule has 15 heavy (non-hydrogen) atoms. The second-order valence-electron chi connectivity index (χ2n) is 3.98. The molecule has 0 aliphatic rings. The molecule has 1 rings (SSSR count). The van der Waals surface area contributed by atoms with E-state index in [1.807, 2.05) is 13.8 Å². The van der Waals surface area contributed by atoms with E-state index in [0.717, 1.165) is 5.56 Å². The summed E-state index contributed by atoms with van der Waals surface area (Å²) in [5.74, 6) is -0.0683. The van der Waals surface area contributed by atoms with Crippen LogP contribution in [0.15, 0.2) is 18.2 Å². The van der Waals surface area contributed by atoms with Gasteiger partial charge in [0.25, 0.3) is 5.91 Å². The van der Waals surface area contributed by atoms with E-state index in [1.165, 1.54) is 0 Å². The first-order valence-electron chi connectivity index (χ1n) is 5.01. The van der Waals surface area contributed by atoms with Crippen LogP contribution in [0, 0.1) is 6.92 Å². The van der Waals surface area contributed by atoms with Gasteiger partial charge >= 0.3 is 0 Å². The van der Waals surface area contributed by atoms with Crippen LogP contribution in [0.1, 0.15) is 29.8 Å². The summed E-state index contributed by atoms with van der Waals surface area (Å²) in [4.78, 5) is 13.5. The van der Waals surface area contributed by atoms with E-state index in [4.69, 9.17) is 0 Å². The Morgan fingerprint density at radius 3 is 2.53 bits per heavy atom. The number of amides is 1. The van der Waals surface area contributed by atoms with Gasteiger partial charge in [-0.1, -0.05) is 12.1 Å². The first-order chi connectivity index (χ1) is 6.95. The van der Waals surface area contributed by atoms with E-state index in [0.29, 0.717) is 5.56 Å². The zero-order valence-electron chi connectivity index (χ0n) is 9.61. The third kappa shape index (κ3) is 2.29. The highest BCUT2D eigenvalue weighted by molar-refractivity contribution is 5.97. The molecule has 0 aliphatic heterocycles. The summed E-state index contributed by atoms with van der Waals surface area (Å²) in [7, 11) is 1.73. The lowest BCUT2D eigenvalue weighted by atomic mass is 10.1. The molecule has 1 amide bonds. The Labute approximate surface area is 90.3 Å². The van der Waals surface area contributed by atoms with Crippen LogP contribution < -0.4 is 0 Å². The molecule has 0 radical (unpaired) electrons. The second-order valence-corrected chi connectivity index (χ2v) is 3.98. The van der Waals surface area contributed by atoms with Crippen LogP contribution in [0.5, 0.6) is 5.75 Å². The van der Waals surface area contributed by atoms with Crippen molar-refractivity contribution in [1.82, 2.24) is 4.90 Å². The topological polar surface area (TPSA) is 40.5 Å². The predicted molar refractivity (Wildman–Crippen MR) is 60.1 cm³/mol. The molecule has 0 saturated heterocycles. The van der Waals surface area contributed by atoms with Crippen molar-refractivity contribution in [2.24, 2.45) is 0 Å². The number of carbonyl (C=O) groups is 1. The van der Waals surface area contributed by atoms with Crippen LogP contribution in [0.2, 0.25) is 0 Å². The average molecular weight is 207 g/mol. The smallest absolute Gasteiger partial charge is 0.257 e. The molecule has 1 aromatic carbocycles. The van der Waals surface area contributed by atoms with E-state index in [2.05, 4.69) is 0 Å². The van der Waals surface area contributed by atoms with E-state index >= 15 is 0 Å². The van der Waals surface area contributed by atoms with Crippen molar-refractivity contribution in [2.75, 3.05) is 7.05 Å². The van der Waals surface area contributed by atoms with Crippen LogP contribution in [0.25, 0.3) is 0 Å². The van der Waals surface area contributed by atoms with E-state index in [-0.39, 0.29) is 17.7 Å². The number of para-hydroxylation sites is 1. The quantitative estimate of drug-likeness (QED) is 0.807. The summed E-state index contributed by atoms with van der Waals surface area (Å²) in [6.45, 7) is 5.65. The lowest BCUT2D eigenvalue weighted by Gasteiger charge is -2.22. The minimum Gasteiger partial charge on any atom is -0.507 e. The van der Waals surface area contributed by atoms with Crippen LogP contribution in [0.4, 0.5) is 0 Å². The lowest BCUT2D eigenvalue weighted by molar-refractivity contribution is 0.0752. The summed E-state index contributed by atoms with van der Waals surface area (Å²) < 4.78 is 0. The van der Waals surface area contributed by atoms with Crippen molar-refractivity contribution in [3.63, 3.8) is 0 Å².